The smallest absolute Gasteiger partial charge is 0.229 e. The van der Waals surface area contributed by atoms with Gasteiger partial charge in [0.05, 0.1) is 27.2 Å². The molecule has 2 aromatic carbocycles. The van der Waals surface area contributed by atoms with Crippen LogP contribution in [-0.2, 0) is 11.2 Å². The van der Waals surface area contributed by atoms with Gasteiger partial charge >= 0.3 is 0 Å². The van der Waals surface area contributed by atoms with E-state index in [1.165, 1.54) is 5.56 Å². The maximum atomic E-state index is 12.8. The highest BCUT2D eigenvalue weighted by molar-refractivity contribution is 5.79. The van der Waals surface area contributed by atoms with E-state index in [2.05, 4.69) is 32.7 Å². The second-order valence-corrected chi connectivity index (χ2v) is 8.59. The highest BCUT2D eigenvalue weighted by atomic mass is 16.5. The Hall–Kier alpha value is -4.01. The van der Waals surface area contributed by atoms with Gasteiger partial charge < -0.3 is 29.7 Å². The number of hydrogen-bond donors (Lipinski definition) is 2. The Labute approximate surface area is 211 Å². The van der Waals surface area contributed by atoms with E-state index >= 15 is 0 Å². The molecule has 4 rings (SSSR count). The fourth-order valence-corrected chi connectivity index (χ4v) is 4.39. The van der Waals surface area contributed by atoms with Gasteiger partial charge in [-0.05, 0) is 30.9 Å². The summed E-state index contributed by atoms with van der Waals surface area (Å²) in [5.41, 5.74) is 1.92. The predicted octanol–water partition coefficient (Wildman–Crippen LogP) is 3.82. The van der Waals surface area contributed by atoms with Gasteiger partial charge in [-0.1, -0.05) is 30.3 Å². The predicted molar refractivity (Wildman–Crippen MR) is 140 cm³/mol. The Kier molecular flexibility index (Phi) is 8.44. The quantitative estimate of drug-likeness (QED) is 0.442. The van der Waals surface area contributed by atoms with Gasteiger partial charge in [-0.15, -0.1) is 0 Å². The summed E-state index contributed by atoms with van der Waals surface area (Å²) in [5.74, 6) is 2.83. The summed E-state index contributed by atoms with van der Waals surface area (Å²) in [6, 6.07) is 15.7. The number of nitrogens with one attached hydrogen (secondary N) is 2. The number of anilines is 3. The van der Waals surface area contributed by atoms with Crippen LogP contribution in [-0.4, -0.2) is 56.8 Å². The monoisotopic (exact) mass is 491 g/mol. The number of methoxy groups -OCH3 is 3. The van der Waals surface area contributed by atoms with Gasteiger partial charge in [0.1, 0.15) is 5.82 Å². The SMILES string of the molecule is COc1cc(Nc2nccc(N3CCCC(C(=O)NCCc4ccccc4)C3)n2)cc(OC)c1OC. The first-order valence-corrected chi connectivity index (χ1v) is 12.1. The molecule has 36 heavy (non-hydrogen) atoms. The van der Waals surface area contributed by atoms with E-state index in [1.807, 2.05) is 24.3 Å². The molecule has 1 fully saturated rings. The second-order valence-electron chi connectivity index (χ2n) is 8.59. The average molecular weight is 492 g/mol. The van der Waals surface area contributed by atoms with Crippen LogP contribution in [0.5, 0.6) is 17.2 Å². The molecule has 9 heteroatoms. The third-order valence-electron chi connectivity index (χ3n) is 6.23. The lowest BCUT2D eigenvalue weighted by Crippen LogP contribution is -2.43. The molecule has 0 radical (unpaired) electrons. The molecule has 1 amide bonds. The van der Waals surface area contributed by atoms with Crippen molar-refractivity contribution in [3.05, 3.63) is 60.3 Å². The molecule has 1 aliphatic rings. The van der Waals surface area contributed by atoms with Crippen molar-refractivity contribution in [3.8, 4) is 17.2 Å². The van der Waals surface area contributed by atoms with Crippen molar-refractivity contribution in [2.45, 2.75) is 19.3 Å². The zero-order valence-corrected chi connectivity index (χ0v) is 21.0. The Morgan fingerprint density at radius 1 is 1.06 bits per heavy atom. The molecule has 2 heterocycles. The zero-order chi connectivity index (χ0) is 25.3. The van der Waals surface area contributed by atoms with E-state index < -0.39 is 0 Å². The van der Waals surface area contributed by atoms with E-state index in [9.17, 15) is 4.79 Å². The average Bonchev–Trinajstić information content (AvgIpc) is 2.93. The van der Waals surface area contributed by atoms with Crippen LogP contribution in [0, 0.1) is 5.92 Å². The maximum Gasteiger partial charge on any atom is 0.229 e. The van der Waals surface area contributed by atoms with Crippen LogP contribution < -0.4 is 29.7 Å². The van der Waals surface area contributed by atoms with Crippen molar-refractivity contribution < 1.29 is 19.0 Å². The van der Waals surface area contributed by atoms with E-state index in [0.717, 1.165) is 31.6 Å². The second kappa shape index (κ2) is 12.1. The van der Waals surface area contributed by atoms with Gasteiger partial charge in [0.15, 0.2) is 11.5 Å². The molecule has 9 nitrogen and oxygen atoms in total. The van der Waals surface area contributed by atoms with Crippen LogP contribution in [0.4, 0.5) is 17.5 Å². The number of hydrogen-bond acceptors (Lipinski definition) is 8. The largest absolute Gasteiger partial charge is 0.493 e. The lowest BCUT2D eigenvalue weighted by molar-refractivity contribution is -0.125. The molecular formula is C27H33N5O4. The van der Waals surface area contributed by atoms with Crippen LogP contribution in [0.15, 0.2) is 54.7 Å². The molecule has 3 aromatic rings. The van der Waals surface area contributed by atoms with Crippen molar-refractivity contribution in [2.24, 2.45) is 5.92 Å². The van der Waals surface area contributed by atoms with Gasteiger partial charge in [-0.2, -0.15) is 4.98 Å². The minimum absolute atomic E-state index is 0.0731. The number of aromatic nitrogens is 2. The molecule has 1 unspecified atom stereocenters. The molecule has 190 valence electrons. The maximum absolute atomic E-state index is 12.8. The van der Waals surface area contributed by atoms with E-state index in [0.29, 0.717) is 42.0 Å². The molecule has 0 aliphatic carbocycles. The third kappa shape index (κ3) is 6.16. The highest BCUT2D eigenvalue weighted by Crippen LogP contribution is 2.40. The fraction of sp³-hybridized carbons (Fsp3) is 0.370. The topological polar surface area (TPSA) is 97.8 Å². The number of benzene rings is 2. The number of piperidine rings is 1. The van der Waals surface area contributed by atoms with Gasteiger partial charge in [-0.3, -0.25) is 4.79 Å². The molecular weight excluding hydrogens is 458 g/mol. The molecule has 0 bridgehead atoms. The van der Waals surface area contributed by atoms with E-state index in [4.69, 9.17) is 19.2 Å². The van der Waals surface area contributed by atoms with Gasteiger partial charge in [0.25, 0.3) is 0 Å². The minimum Gasteiger partial charge on any atom is -0.493 e. The first kappa shape index (κ1) is 25.1. The molecule has 1 saturated heterocycles. The number of ether oxygens (including phenoxy) is 3. The Morgan fingerprint density at radius 2 is 1.81 bits per heavy atom. The number of rotatable bonds is 10. The molecule has 1 aromatic heterocycles. The summed E-state index contributed by atoms with van der Waals surface area (Å²) in [6.45, 7) is 2.10. The molecule has 0 saturated carbocycles. The number of amides is 1. The van der Waals surface area contributed by atoms with Gasteiger partial charge in [-0.25, -0.2) is 4.98 Å². The Balaban J connectivity index is 1.39. The third-order valence-corrected chi connectivity index (χ3v) is 6.23. The summed E-state index contributed by atoms with van der Waals surface area (Å²) in [7, 11) is 4.71. The van der Waals surface area contributed by atoms with Gasteiger partial charge in [0.2, 0.25) is 17.6 Å². The first-order chi connectivity index (χ1) is 17.6. The minimum atomic E-state index is -0.0731. The fourth-order valence-electron chi connectivity index (χ4n) is 4.39. The van der Waals surface area contributed by atoms with Crippen LogP contribution in [0.2, 0.25) is 0 Å². The zero-order valence-electron chi connectivity index (χ0n) is 21.0. The number of carbonyl (C=O) groups is 1. The number of nitrogens with zero attached hydrogens (tertiary/aromatic N) is 3. The Bertz CT molecular complexity index is 1130. The lowest BCUT2D eigenvalue weighted by atomic mass is 9.97. The van der Waals surface area contributed by atoms with Gasteiger partial charge in [0, 0.05) is 43.7 Å². The van der Waals surface area contributed by atoms with Crippen molar-refractivity contribution in [1.82, 2.24) is 15.3 Å². The standard InChI is InChI=1S/C27H33N5O4/c1-34-22-16-21(17-23(35-2)25(22)36-3)30-27-29-14-12-24(31-27)32-15-7-10-20(18-32)26(33)28-13-11-19-8-5-4-6-9-19/h4-6,8-9,12,14,16-17,20H,7,10-11,13,15,18H2,1-3H3,(H,28,33)(H,29,30,31). The normalized spacial score (nSPS) is 15.2. The van der Waals surface area contributed by atoms with Crippen LogP contribution in [0.3, 0.4) is 0 Å². The molecule has 2 N–H and O–H groups in total. The lowest BCUT2D eigenvalue weighted by Gasteiger charge is -2.33. The van der Waals surface area contributed by atoms with Crippen molar-refractivity contribution in [2.75, 3.05) is 51.2 Å². The summed E-state index contributed by atoms with van der Waals surface area (Å²) in [6.07, 6.45) is 4.34. The number of carbonyl (C=O) groups excluding carboxylic acids is 1. The highest BCUT2D eigenvalue weighted by Gasteiger charge is 2.26. The summed E-state index contributed by atoms with van der Waals surface area (Å²) >= 11 is 0. The van der Waals surface area contributed by atoms with Crippen molar-refractivity contribution >= 4 is 23.4 Å². The summed E-state index contributed by atoms with van der Waals surface area (Å²) in [5, 5.41) is 6.32. The molecule has 1 aliphatic heterocycles. The van der Waals surface area contributed by atoms with E-state index in [-0.39, 0.29) is 11.8 Å². The Morgan fingerprint density at radius 3 is 2.50 bits per heavy atom. The van der Waals surface area contributed by atoms with Crippen LogP contribution >= 0.6 is 0 Å². The van der Waals surface area contributed by atoms with Crippen LogP contribution in [0.1, 0.15) is 18.4 Å². The van der Waals surface area contributed by atoms with Crippen molar-refractivity contribution in [1.29, 1.82) is 0 Å². The molecule has 0 spiro atoms. The van der Waals surface area contributed by atoms with Crippen molar-refractivity contribution in [3.63, 3.8) is 0 Å². The summed E-state index contributed by atoms with van der Waals surface area (Å²) < 4.78 is 16.3. The first-order valence-electron chi connectivity index (χ1n) is 12.1. The van der Waals surface area contributed by atoms with E-state index in [1.54, 1.807) is 39.7 Å². The molecule has 1 atom stereocenters. The summed E-state index contributed by atoms with van der Waals surface area (Å²) in [4.78, 5) is 24.0. The van der Waals surface area contributed by atoms with Crippen LogP contribution in [0.25, 0.3) is 0 Å².